The average Bonchev–Trinajstić information content (AvgIpc) is 3.08. The number of hydrogen-bond donors (Lipinski definition) is 2. The SMILES string of the molecule is CCSc1ccccc1NC(=O)NCc1ccnc(-n2ccnc2C)c1. The Labute approximate surface area is 157 Å². The van der Waals surface area contributed by atoms with Gasteiger partial charge in [-0.2, -0.15) is 0 Å². The molecule has 0 atom stereocenters. The highest BCUT2D eigenvalue weighted by Gasteiger charge is 2.07. The van der Waals surface area contributed by atoms with E-state index in [-0.39, 0.29) is 6.03 Å². The predicted molar refractivity (Wildman–Crippen MR) is 105 cm³/mol. The van der Waals surface area contributed by atoms with E-state index in [0.29, 0.717) is 6.54 Å². The van der Waals surface area contributed by atoms with Gasteiger partial charge in [-0.15, -0.1) is 11.8 Å². The topological polar surface area (TPSA) is 71.8 Å². The number of benzene rings is 1. The number of anilines is 1. The second-order valence-corrected chi connectivity index (χ2v) is 6.91. The van der Waals surface area contributed by atoms with Gasteiger partial charge in [-0.25, -0.2) is 14.8 Å². The zero-order chi connectivity index (χ0) is 18.4. The summed E-state index contributed by atoms with van der Waals surface area (Å²) >= 11 is 1.70. The summed E-state index contributed by atoms with van der Waals surface area (Å²) < 4.78 is 1.90. The molecule has 0 radical (unpaired) electrons. The quantitative estimate of drug-likeness (QED) is 0.646. The Kier molecular flexibility index (Phi) is 5.91. The highest BCUT2D eigenvalue weighted by molar-refractivity contribution is 7.99. The molecule has 0 aliphatic carbocycles. The van der Waals surface area contributed by atoms with Crippen LogP contribution in [0.4, 0.5) is 10.5 Å². The molecular formula is C19H21N5OS. The number of pyridine rings is 1. The van der Waals surface area contributed by atoms with E-state index >= 15 is 0 Å². The van der Waals surface area contributed by atoms with E-state index < -0.39 is 0 Å². The fraction of sp³-hybridized carbons (Fsp3) is 0.211. The minimum atomic E-state index is -0.230. The number of imidazole rings is 1. The highest BCUT2D eigenvalue weighted by Crippen LogP contribution is 2.26. The number of para-hydroxylation sites is 1. The third kappa shape index (κ3) is 4.43. The van der Waals surface area contributed by atoms with Crippen molar-refractivity contribution in [3.63, 3.8) is 0 Å². The van der Waals surface area contributed by atoms with Crippen molar-refractivity contribution in [2.45, 2.75) is 25.3 Å². The molecule has 2 aromatic heterocycles. The van der Waals surface area contributed by atoms with Gasteiger partial charge in [0, 0.05) is 30.0 Å². The Morgan fingerprint density at radius 2 is 2.04 bits per heavy atom. The molecule has 134 valence electrons. The normalized spacial score (nSPS) is 10.5. The van der Waals surface area contributed by atoms with E-state index in [2.05, 4.69) is 27.5 Å². The minimum Gasteiger partial charge on any atom is -0.334 e. The lowest BCUT2D eigenvalue weighted by atomic mass is 10.2. The predicted octanol–water partition coefficient (Wildman–Crippen LogP) is 4.01. The summed E-state index contributed by atoms with van der Waals surface area (Å²) in [6, 6.07) is 11.4. The van der Waals surface area contributed by atoms with Crippen LogP contribution in [0.2, 0.25) is 0 Å². The average molecular weight is 367 g/mol. The number of thioether (sulfide) groups is 1. The van der Waals surface area contributed by atoms with E-state index in [1.807, 2.05) is 54.1 Å². The molecule has 0 aliphatic heterocycles. The Hall–Kier alpha value is -2.80. The van der Waals surface area contributed by atoms with Crippen LogP contribution < -0.4 is 10.6 Å². The first kappa shape index (κ1) is 18.0. The van der Waals surface area contributed by atoms with Crippen molar-refractivity contribution >= 4 is 23.5 Å². The summed E-state index contributed by atoms with van der Waals surface area (Å²) in [6.45, 7) is 4.43. The molecule has 0 saturated heterocycles. The van der Waals surface area contributed by atoms with Crippen molar-refractivity contribution in [3.8, 4) is 5.82 Å². The van der Waals surface area contributed by atoms with E-state index in [4.69, 9.17) is 0 Å². The molecule has 2 amide bonds. The van der Waals surface area contributed by atoms with Crippen LogP contribution in [0.3, 0.4) is 0 Å². The van der Waals surface area contributed by atoms with Crippen molar-refractivity contribution in [2.24, 2.45) is 0 Å². The van der Waals surface area contributed by atoms with Crippen LogP contribution in [-0.2, 0) is 6.54 Å². The summed E-state index contributed by atoms with van der Waals surface area (Å²) in [5.41, 5.74) is 1.79. The van der Waals surface area contributed by atoms with E-state index in [1.165, 1.54) is 0 Å². The van der Waals surface area contributed by atoms with Crippen molar-refractivity contribution < 1.29 is 4.79 Å². The monoisotopic (exact) mass is 367 g/mol. The number of rotatable bonds is 6. The van der Waals surface area contributed by atoms with Gasteiger partial charge in [0.05, 0.1) is 5.69 Å². The number of urea groups is 1. The second kappa shape index (κ2) is 8.53. The lowest BCUT2D eigenvalue weighted by molar-refractivity contribution is 0.251. The largest absolute Gasteiger partial charge is 0.334 e. The van der Waals surface area contributed by atoms with Gasteiger partial charge in [-0.05, 0) is 42.5 Å². The van der Waals surface area contributed by atoms with Gasteiger partial charge in [-0.3, -0.25) is 4.57 Å². The van der Waals surface area contributed by atoms with Crippen molar-refractivity contribution in [1.29, 1.82) is 0 Å². The Morgan fingerprint density at radius 3 is 2.81 bits per heavy atom. The number of nitrogens with zero attached hydrogens (tertiary/aromatic N) is 3. The standard InChI is InChI=1S/C19H21N5OS/c1-3-26-17-7-5-4-6-16(17)23-19(25)22-13-15-8-9-21-18(12-15)24-11-10-20-14(24)2/h4-12H,3,13H2,1-2H3,(H2,22,23,25). The van der Waals surface area contributed by atoms with Crippen LogP contribution in [0.1, 0.15) is 18.3 Å². The Balaban J connectivity index is 1.63. The van der Waals surface area contributed by atoms with E-state index in [0.717, 1.165) is 33.5 Å². The van der Waals surface area contributed by atoms with Crippen LogP contribution >= 0.6 is 11.8 Å². The molecule has 3 rings (SSSR count). The highest BCUT2D eigenvalue weighted by atomic mass is 32.2. The summed E-state index contributed by atoms with van der Waals surface area (Å²) in [5.74, 6) is 2.60. The molecule has 3 aromatic rings. The smallest absolute Gasteiger partial charge is 0.319 e. The first-order chi connectivity index (χ1) is 12.7. The van der Waals surface area contributed by atoms with Gasteiger partial charge in [0.25, 0.3) is 0 Å². The van der Waals surface area contributed by atoms with Gasteiger partial charge in [-0.1, -0.05) is 19.1 Å². The number of carbonyl (C=O) groups excluding carboxylic acids is 1. The fourth-order valence-electron chi connectivity index (χ4n) is 2.52. The van der Waals surface area contributed by atoms with E-state index in [9.17, 15) is 4.79 Å². The lowest BCUT2D eigenvalue weighted by Crippen LogP contribution is -2.28. The summed E-state index contributed by atoms with van der Waals surface area (Å²) in [7, 11) is 0. The van der Waals surface area contributed by atoms with Crippen LogP contribution in [0.25, 0.3) is 5.82 Å². The third-order valence-electron chi connectivity index (χ3n) is 3.77. The summed E-state index contributed by atoms with van der Waals surface area (Å²) in [4.78, 5) is 21.9. The Morgan fingerprint density at radius 1 is 1.19 bits per heavy atom. The molecule has 0 aliphatic rings. The first-order valence-electron chi connectivity index (χ1n) is 8.39. The van der Waals surface area contributed by atoms with Crippen LogP contribution in [0, 0.1) is 6.92 Å². The fourth-order valence-corrected chi connectivity index (χ4v) is 3.28. The van der Waals surface area contributed by atoms with Crippen LogP contribution in [0.15, 0.2) is 59.9 Å². The van der Waals surface area contributed by atoms with E-state index in [1.54, 1.807) is 24.2 Å². The van der Waals surface area contributed by atoms with Crippen molar-refractivity contribution in [1.82, 2.24) is 19.9 Å². The molecule has 2 heterocycles. The maximum Gasteiger partial charge on any atom is 0.319 e. The molecule has 0 unspecified atom stereocenters. The van der Waals surface area contributed by atoms with Crippen LogP contribution in [-0.4, -0.2) is 26.3 Å². The molecule has 0 spiro atoms. The van der Waals surface area contributed by atoms with Gasteiger partial charge in [0.2, 0.25) is 0 Å². The number of amides is 2. The zero-order valence-corrected chi connectivity index (χ0v) is 15.6. The molecule has 0 bridgehead atoms. The number of aromatic nitrogens is 3. The number of nitrogens with one attached hydrogen (secondary N) is 2. The van der Waals surface area contributed by atoms with Crippen molar-refractivity contribution in [3.05, 3.63) is 66.4 Å². The maximum atomic E-state index is 12.2. The molecular weight excluding hydrogens is 346 g/mol. The minimum absolute atomic E-state index is 0.230. The summed E-state index contributed by atoms with van der Waals surface area (Å²) in [5, 5.41) is 5.81. The van der Waals surface area contributed by atoms with Crippen molar-refractivity contribution in [2.75, 3.05) is 11.1 Å². The molecule has 26 heavy (non-hydrogen) atoms. The maximum absolute atomic E-state index is 12.2. The lowest BCUT2D eigenvalue weighted by Gasteiger charge is -2.12. The van der Waals surface area contributed by atoms with Crippen LogP contribution in [0.5, 0.6) is 0 Å². The third-order valence-corrected chi connectivity index (χ3v) is 4.73. The van der Waals surface area contributed by atoms with Gasteiger partial charge >= 0.3 is 6.03 Å². The molecule has 0 fully saturated rings. The molecule has 7 heteroatoms. The molecule has 0 saturated carbocycles. The first-order valence-corrected chi connectivity index (χ1v) is 9.38. The van der Waals surface area contributed by atoms with Gasteiger partial charge in [0.15, 0.2) is 0 Å². The molecule has 1 aromatic carbocycles. The Bertz CT molecular complexity index is 893. The van der Waals surface area contributed by atoms with Gasteiger partial charge in [0.1, 0.15) is 11.6 Å². The number of aryl methyl sites for hydroxylation is 1. The van der Waals surface area contributed by atoms with Gasteiger partial charge < -0.3 is 10.6 Å². The molecule has 2 N–H and O–H groups in total. The molecule has 6 nitrogen and oxygen atoms in total. The number of carbonyl (C=O) groups is 1. The second-order valence-electron chi connectivity index (χ2n) is 5.60. The zero-order valence-electron chi connectivity index (χ0n) is 14.8. The summed E-state index contributed by atoms with van der Waals surface area (Å²) in [6.07, 6.45) is 5.34. The number of hydrogen-bond acceptors (Lipinski definition) is 4.